The van der Waals surface area contributed by atoms with Gasteiger partial charge in [0.15, 0.2) is 0 Å². The summed E-state index contributed by atoms with van der Waals surface area (Å²) >= 11 is 6.05. The Morgan fingerprint density at radius 1 is 1.05 bits per heavy atom. The van der Waals surface area contributed by atoms with Gasteiger partial charge in [-0.3, -0.25) is 4.98 Å². The highest BCUT2D eigenvalue weighted by molar-refractivity contribution is 6.31. The van der Waals surface area contributed by atoms with E-state index < -0.39 is 0 Å². The zero-order valence-electron chi connectivity index (χ0n) is 10.9. The Hall–Kier alpha value is -2.26. The van der Waals surface area contributed by atoms with Crippen molar-refractivity contribution in [1.82, 2.24) is 4.98 Å². The van der Waals surface area contributed by atoms with Gasteiger partial charge in [-0.25, -0.2) is 0 Å². The van der Waals surface area contributed by atoms with Crippen molar-refractivity contribution in [3.05, 3.63) is 59.2 Å². The van der Waals surface area contributed by atoms with Crippen LogP contribution in [-0.4, -0.2) is 10.1 Å². The van der Waals surface area contributed by atoms with Gasteiger partial charge in [0.1, 0.15) is 5.75 Å². The van der Waals surface area contributed by atoms with Crippen molar-refractivity contribution in [2.24, 2.45) is 0 Å². The molecule has 0 amide bonds. The summed E-state index contributed by atoms with van der Waals surface area (Å²) in [5, 5.41) is 14.7. The lowest BCUT2D eigenvalue weighted by Crippen LogP contribution is -1.93. The van der Waals surface area contributed by atoms with E-state index in [2.05, 4.69) is 10.3 Å². The molecule has 100 valence electrons. The van der Waals surface area contributed by atoms with Crippen LogP contribution in [0.15, 0.2) is 48.7 Å². The van der Waals surface area contributed by atoms with Crippen LogP contribution < -0.4 is 5.32 Å². The van der Waals surface area contributed by atoms with E-state index in [1.54, 1.807) is 12.3 Å². The number of aromatic hydroxyl groups is 1. The number of benzene rings is 2. The first-order chi connectivity index (χ1) is 9.63. The van der Waals surface area contributed by atoms with Crippen molar-refractivity contribution in [3.63, 3.8) is 0 Å². The molecule has 3 nitrogen and oxygen atoms in total. The van der Waals surface area contributed by atoms with Gasteiger partial charge in [-0.2, -0.15) is 0 Å². The fourth-order valence-electron chi connectivity index (χ4n) is 2.12. The summed E-state index contributed by atoms with van der Waals surface area (Å²) in [6.07, 6.45) is 1.73. The van der Waals surface area contributed by atoms with E-state index in [9.17, 15) is 5.11 Å². The minimum Gasteiger partial charge on any atom is -0.506 e. The first kappa shape index (κ1) is 12.8. The molecular weight excluding hydrogens is 272 g/mol. The molecule has 0 aliphatic rings. The molecule has 0 radical (unpaired) electrons. The summed E-state index contributed by atoms with van der Waals surface area (Å²) in [6, 6.07) is 12.8. The molecule has 0 atom stereocenters. The number of nitrogens with zero attached hydrogens (tertiary/aromatic N) is 1. The van der Waals surface area contributed by atoms with E-state index in [1.807, 2.05) is 43.3 Å². The van der Waals surface area contributed by atoms with Crippen molar-refractivity contribution in [3.8, 4) is 5.75 Å². The number of anilines is 2. The predicted molar refractivity (Wildman–Crippen MR) is 82.9 cm³/mol. The quantitative estimate of drug-likeness (QED) is 0.674. The van der Waals surface area contributed by atoms with Gasteiger partial charge in [0.05, 0.1) is 11.2 Å². The average Bonchev–Trinajstić information content (AvgIpc) is 2.43. The molecule has 0 saturated heterocycles. The monoisotopic (exact) mass is 284 g/mol. The van der Waals surface area contributed by atoms with Gasteiger partial charge in [-0.05, 0) is 48.9 Å². The number of fused-ring (bicyclic) bond motifs is 1. The molecule has 3 aromatic rings. The Labute approximate surface area is 121 Å². The van der Waals surface area contributed by atoms with Crippen LogP contribution in [0.2, 0.25) is 5.02 Å². The van der Waals surface area contributed by atoms with Crippen LogP contribution in [0.4, 0.5) is 11.4 Å². The third kappa shape index (κ3) is 2.40. The lowest BCUT2D eigenvalue weighted by molar-refractivity contribution is 0.477. The molecule has 0 unspecified atom stereocenters. The Bertz CT molecular complexity index is 787. The van der Waals surface area contributed by atoms with E-state index in [-0.39, 0.29) is 5.75 Å². The number of phenols is 1. The number of aromatic nitrogens is 1. The molecule has 4 heteroatoms. The number of hydrogen-bond acceptors (Lipinski definition) is 3. The summed E-state index contributed by atoms with van der Waals surface area (Å²) in [6.45, 7) is 1.98. The first-order valence-electron chi connectivity index (χ1n) is 6.24. The van der Waals surface area contributed by atoms with Gasteiger partial charge in [-0.1, -0.05) is 17.7 Å². The van der Waals surface area contributed by atoms with Crippen molar-refractivity contribution >= 4 is 33.9 Å². The largest absolute Gasteiger partial charge is 0.506 e. The molecule has 0 fully saturated rings. The van der Waals surface area contributed by atoms with Crippen molar-refractivity contribution < 1.29 is 5.11 Å². The highest BCUT2D eigenvalue weighted by atomic mass is 35.5. The summed E-state index contributed by atoms with van der Waals surface area (Å²) in [7, 11) is 0. The molecule has 0 bridgehead atoms. The summed E-state index contributed by atoms with van der Waals surface area (Å²) < 4.78 is 0. The normalized spacial score (nSPS) is 10.7. The van der Waals surface area contributed by atoms with Gasteiger partial charge in [-0.15, -0.1) is 0 Å². The number of phenolic OH excluding ortho intramolecular Hbond substituents is 1. The highest BCUT2D eigenvalue weighted by Crippen LogP contribution is 2.31. The van der Waals surface area contributed by atoms with Gasteiger partial charge < -0.3 is 10.4 Å². The molecule has 0 aliphatic carbocycles. The summed E-state index contributed by atoms with van der Waals surface area (Å²) in [5.74, 6) is 0.211. The van der Waals surface area contributed by atoms with Crippen molar-refractivity contribution in [2.75, 3.05) is 5.32 Å². The predicted octanol–water partition coefficient (Wildman–Crippen LogP) is 4.65. The van der Waals surface area contributed by atoms with Crippen LogP contribution in [0.3, 0.4) is 0 Å². The molecule has 1 heterocycles. The van der Waals surface area contributed by atoms with Crippen LogP contribution in [0.1, 0.15) is 5.56 Å². The highest BCUT2D eigenvalue weighted by Gasteiger charge is 2.06. The van der Waals surface area contributed by atoms with Crippen LogP contribution in [0, 0.1) is 6.92 Å². The second-order valence-corrected chi connectivity index (χ2v) is 5.10. The SMILES string of the molecule is Cc1ccc(O)c(Nc2ccnc3ccc(Cl)cc23)c1. The van der Waals surface area contributed by atoms with Crippen LogP contribution in [0.5, 0.6) is 5.75 Å². The molecule has 3 rings (SSSR count). The molecule has 2 aromatic carbocycles. The Morgan fingerprint density at radius 2 is 1.90 bits per heavy atom. The van der Waals surface area contributed by atoms with E-state index in [0.717, 1.165) is 22.2 Å². The number of aryl methyl sites for hydroxylation is 1. The molecular formula is C16H13ClN2O. The molecule has 20 heavy (non-hydrogen) atoms. The Morgan fingerprint density at radius 3 is 2.75 bits per heavy atom. The third-order valence-electron chi connectivity index (χ3n) is 3.12. The molecule has 1 aromatic heterocycles. The fourth-order valence-corrected chi connectivity index (χ4v) is 2.29. The zero-order chi connectivity index (χ0) is 14.1. The summed E-state index contributed by atoms with van der Waals surface area (Å²) in [5.41, 5.74) is 3.45. The minimum absolute atomic E-state index is 0.211. The maximum Gasteiger partial charge on any atom is 0.139 e. The van der Waals surface area contributed by atoms with E-state index in [4.69, 9.17) is 11.6 Å². The summed E-state index contributed by atoms with van der Waals surface area (Å²) in [4.78, 5) is 4.30. The molecule has 0 saturated carbocycles. The van der Waals surface area contributed by atoms with Crippen molar-refractivity contribution in [1.29, 1.82) is 0 Å². The maximum atomic E-state index is 9.92. The third-order valence-corrected chi connectivity index (χ3v) is 3.36. The minimum atomic E-state index is 0.211. The Kier molecular flexibility index (Phi) is 3.20. The Balaban J connectivity index is 2.10. The van der Waals surface area contributed by atoms with Gasteiger partial charge >= 0.3 is 0 Å². The van der Waals surface area contributed by atoms with Gasteiger partial charge in [0.25, 0.3) is 0 Å². The van der Waals surface area contributed by atoms with Gasteiger partial charge in [0, 0.05) is 22.3 Å². The van der Waals surface area contributed by atoms with Crippen molar-refractivity contribution in [2.45, 2.75) is 6.92 Å². The topological polar surface area (TPSA) is 45.1 Å². The maximum absolute atomic E-state index is 9.92. The standard InChI is InChI=1S/C16H13ClN2O/c1-10-2-5-16(20)15(8-10)19-14-6-7-18-13-4-3-11(17)9-12(13)14/h2-9,20H,1H3,(H,18,19). The van der Waals surface area contributed by atoms with Gasteiger partial charge in [0.2, 0.25) is 0 Å². The number of rotatable bonds is 2. The lowest BCUT2D eigenvalue weighted by Gasteiger charge is -2.11. The van der Waals surface area contributed by atoms with Crippen LogP contribution >= 0.6 is 11.6 Å². The second-order valence-electron chi connectivity index (χ2n) is 4.67. The average molecular weight is 285 g/mol. The molecule has 0 spiro atoms. The lowest BCUT2D eigenvalue weighted by atomic mass is 10.1. The zero-order valence-corrected chi connectivity index (χ0v) is 11.6. The second kappa shape index (κ2) is 5.02. The fraction of sp³-hybridized carbons (Fsp3) is 0.0625. The number of nitrogens with one attached hydrogen (secondary N) is 1. The number of hydrogen-bond donors (Lipinski definition) is 2. The number of pyridine rings is 1. The molecule has 2 N–H and O–H groups in total. The van der Waals surface area contributed by atoms with Crippen LogP contribution in [-0.2, 0) is 0 Å². The van der Waals surface area contributed by atoms with E-state index >= 15 is 0 Å². The molecule has 0 aliphatic heterocycles. The van der Waals surface area contributed by atoms with Crippen LogP contribution in [0.25, 0.3) is 10.9 Å². The number of halogens is 1. The smallest absolute Gasteiger partial charge is 0.139 e. The first-order valence-corrected chi connectivity index (χ1v) is 6.62. The van der Waals surface area contributed by atoms with E-state index in [0.29, 0.717) is 10.7 Å². The van der Waals surface area contributed by atoms with E-state index in [1.165, 1.54) is 0 Å².